The minimum absolute atomic E-state index is 0.638. The molecule has 0 aliphatic rings. The van der Waals surface area contributed by atoms with Crippen LogP contribution in [-0.4, -0.2) is 6.29 Å². The van der Waals surface area contributed by atoms with Crippen LogP contribution in [0.1, 0.15) is 10.4 Å². The molecule has 0 aliphatic carbocycles. The van der Waals surface area contributed by atoms with Gasteiger partial charge in [-0.05, 0) is 18.2 Å². The summed E-state index contributed by atoms with van der Waals surface area (Å²) in [4.78, 5) is 11.3. The monoisotopic (exact) mass is 209 g/mol. The Labute approximate surface area is 84.8 Å². The van der Waals surface area contributed by atoms with Gasteiger partial charge in [0, 0.05) is 20.5 Å². The van der Waals surface area contributed by atoms with Crippen LogP contribution >= 0.6 is 24.0 Å². The number of carbonyl (C=O) groups excluding carboxylic acids is 1. The largest absolute Gasteiger partial charge is 0.391 e. The molecule has 1 aromatic carbocycles. The summed E-state index contributed by atoms with van der Waals surface area (Å²) in [5.41, 5.74) is 6.29. The molecule has 0 aliphatic heterocycles. The molecule has 0 bridgehead atoms. The van der Waals surface area contributed by atoms with Gasteiger partial charge < -0.3 is 5.73 Å². The highest BCUT2D eigenvalue weighted by Gasteiger charge is 2.04. The van der Waals surface area contributed by atoms with E-state index in [0.29, 0.717) is 5.56 Å². The van der Waals surface area contributed by atoms with Crippen molar-refractivity contribution in [2.24, 2.45) is 0 Å². The Bertz CT molecular complexity index is 476. The van der Waals surface area contributed by atoms with E-state index < -0.39 is 0 Å². The summed E-state index contributed by atoms with van der Waals surface area (Å²) >= 11 is 5.75. The van der Waals surface area contributed by atoms with E-state index in [9.17, 15) is 4.79 Å². The zero-order valence-corrected chi connectivity index (χ0v) is 8.36. The van der Waals surface area contributed by atoms with Crippen LogP contribution in [0.5, 0.6) is 0 Å². The van der Waals surface area contributed by atoms with E-state index in [1.165, 1.54) is 11.3 Å². The van der Waals surface area contributed by atoms with E-state index in [-0.39, 0.29) is 0 Å². The first-order valence-electron chi connectivity index (χ1n) is 3.68. The number of thiol groups is 1. The van der Waals surface area contributed by atoms with Gasteiger partial charge in [0.05, 0.1) is 5.00 Å². The second-order valence-electron chi connectivity index (χ2n) is 2.72. The zero-order valence-electron chi connectivity index (χ0n) is 6.65. The van der Waals surface area contributed by atoms with Gasteiger partial charge in [-0.3, -0.25) is 4.79 Å². The van der Waals surface area contributed by atoms with Crippen LogP contribution < -0.4 is 5.73 Å². The Morgan fingerprint density at radius 1 is 1.38 bits per heavy atom. The molecular weight excluding hydrogens is 202 g/mol. The highest BCUT2D eigenvalue weighted by molar-refractivity contribution is 7.80. The molecule has 1 heterocycles. The van der Waals surface area contributed by atoms with E-state index >= 15 is 0 Å². The molecule has 2 N–H and O–H groups in total. The van der Waals surface area contributed by atoms with E-state index in [0.717, 1.165) is 26.3 Å². The number of fused-ring (bicyclic) bond motifs is 1. The van der Waals surface area contributed by atoms with Crippen molar-refractivity contribution < 1.29 is 4.79 Å². The standard InChI is InChI=1S/C9H7NOS2/c10-9-3-6-7(12)1-5(4-11)2-8(6)13-9/h1-4,12H,10H2. The summed E-state index contributed by atoms with van der Waals surface area (Å²) in [6.07, 6.45) is 0.815. The number of hydrogen-bond donors (Lipinski definition) is 2. The lowest BCUT2D eigenvalue weighted by Crippen LogP contribution is -1.78. The second-order valence-corrected chi connectivity index (χ2v) is 4.32. The molecule has 0 saturated heterocycles. The minimum atomic E-state index is 0.638. The fourth-order valence-corrected chi connectivity index (χ4v) is 2.54. The lowest BCUT2D eigenvalue weighted by molar-refractivity contribution is 0.112. The Morgan fingerprint density at radius 2 is 2.15 bits per heavy atom. The van der Waals surface area contributed by atoms with Gasteiger partial charge in [-0.1, -0.05) is 0 Å². The van der Waals surface area contributed by atoms with Crippen molar-refractivity contribution in [1.82, 2.24) is 0 Å². The number of nitrogen functional groups attached to an aromatic ring is 1. The Hall–Kier alpha value is -1.00. The Balaban J connectivity index is 2.82. The predicted molar refractivity (Wildman–Crippen MR) is 58.9 cm³/mol. The number of carbonyl (C=O) groups is 1. The Morgan fingerprint density at radius 3 is 2.85 bits per heavy atom. The van der Waals surface area contributed by atoms with Gasteiger partial charge in [0.2, 0.25) is 0 Å². The summed E-state index contributed by atoms with van der Waals surface area (Å²) in [6.45, 7) is 0. The summed E-state index contributed by atoms with van der Waals surface area (Å²) in [5, 5.41) is 1.75. The van der Waals surface area contributed by atoms with Gasteiger partial charge in [-0.2, -0.15) is 0 Å². The molecule has 0 atom stereocenters. The zero-order chi connectivity index (χ0) is 9.42. The lowest BCUT2D eigenvalue weighted by atomic mass is 10.2. The van der Waals surface area contributed by atoms with Crippen molar-refractivity contribution in [3.63, 3.8) is 0 Å². The van der Waals surface area contributed by atoms with Crippen molar-refractivity contribution in [3.8, 4) is 0 Å². The quantitative estimate of drug-likeness (QED) is 0.560. The smallest absolute Gasteiger partial charge is 0.150 e. The maximum absolute atomic E-state index is 10.5. The lowest BCUT2D eigenvalue weighted by Gasteiger charge is -1.95. The second kappa shape index (κ2) is 3.05. The van der Waals surface area contributed by atoms with Crippen LogP contribution in [0.15, 0.2) is 23.1 Å². The molecule has 2 nitrogen and oxygen atoms in total. The third-order valence-corrected chi connectivity index (χ3v) is 3.07. The number of anilines is 1. The molecule has 4 heteroatoms. The van der Waals surface area contributed by atoms with E-state index in [1.54, 1.807) is 6.07 Å². The minimum Gasteiger partial charge on any atom is -0.391 e. The molecule has 0 unspecified atom stereocenters. The normalized spacial score (nSPS) is 10.5. The number of hydrogen-bond acceptors (Lipinski definition) is 4. The summed E-state index contributed by atoms with van der Waals surface area (Å²) in [7, 11) is 0. The van der Waals surface area contributed by atoms with Gasteiger partial charge in [0.15, 0.2) is 0 Å². The maximum Gasteiger partial charge on any atom is 0.150 e. The van der Waals surface area contributed by atoms with E-state index in [1.807, 2.05) is 12.1 Å². The van der Waals surface area contributed by atoms with Crippen LogP contribution in [0.2, 0.25) is 0 Å². The van der Waals surface area contributed by atoms with Crippen LogP contribution in [0.4, 0.5) is 5.00 Å². The third-order valence-electron chi connectivity index (χ3n) is 1.79. The molecule has 0 radical (unpaired) electrons. The number of benzene rings is 1. The summed E-state index contributed by atoms with van der Waals surface area (Å²) in [6, 6.07) is 5.44. The SMILES string of the molecule is Nc1cc2c(S)cc(C=O)cc2s1. The van der Waals surface area contributed by atoms with Crippen molar-refractivity contribution in [3.05, 3.63) is 23.8 Å². The van der Waals surface area contributed by atoms with Gasteiger partial charge in [0.1, 0.15) is 6.29 Å². The van der Waals surface area contributed by atoms with Crippen LogP contribution in [0, 0.1) is 0 Å². The molecule has 1 aromatic heterocycles. The fourth-order valence-electron chi connectivity index (χ4n) is 1.23. The van der Waals surface area contributed by atoms with Crippen molar-refractivity contribution in [2.45, 2.75) is 4.90 Å². The summed E-state index contributed by atoms with van der Waals surface area (Å²) in [5.74, 6) is 0. The number of nitrogens with two attached hydrogens (primary N) is 1. The predicted octanol–water partition coefficient (Wildman–Crippen LogP) is 2.58. The van der Waals surface area contributed by atoms with Crippen molar-refractivity contribution >= 4 is 45.3 Å². The van der Waals surface area contributed by atoms with Gasteiger partial charge in [-0.15, -0.1) is 24.0 Å². The maximum atomic E-state index is 10.5. The topological polar surface area (TPSA) is 43.1 Å². The van der Waals surface area contributed by atoms with Gasteiger partial charge >= 0.3 is 0 Å². The van der Waals surface area contributed by atoms with E-state index in [2.05, 4.69) is 12.6 Å². The number of rotatable bonds is 1. The van der Waals surface area contributed by atoms with Crippen LogP contribution in [0.25, 0.3) is 10.1 Å². The molecule has 2 rings (SSSR count). The fraction of sp³-hybridized carbons (Fsp3) is 0. The molecular formula is C9H7NOS2. The number of aldehydes is 1. The molecule has 66 valence electrons. The Kier molecular flexibility index (Phi) is 2.01. The molecule has 0 saturated carbocycles. The molecule has 13 heavy (non-hydrogen) atoms. The average Bonchev–Trinajstić information content (AvgIpc) is 2.46. The van der Waals surface area contributed by atoms with Crippen LogP contribution in [0.3, 0.4) is 0 Å². The molecule has 0 amide bonds. The van der Waals surface area contributed by atoms with Crippen LogP contribution in [-0.2, 0) is 0 Å². The van der Waals surface area contributed by atoms with Crippen molar-refractivity contribution in [1.29, 1.82) is 0 Å². The number of thiophene rings is 1. The van der Waals surface area contributed by atoms with Crippen molar-refractivity contribution in [2.75, 3.05) is 5.73 Å². The molecule has 0 fully saturated rings. The summed E-state index contributed by atoms with van der Waals surface area (Å²) < 4.78 is 1.01. The van der Waals surface area contributed by atoms with Gasteiger partial charge in [-0.25, -0.2) is 0 Å². The first kappa shape index (κ1) is 8.59. The highest BCUT2D eigenvalue weighted by atomic mass is 32.1. The molecule has 0 spiro atoms. The third kappa shape index (κ3) is 1.43. The average molecular weight is 209 g/mol. The first-order chi connectivity index (χ1) is 6.20. The first-order valence-corrected chi connectivity index (χ1v) is 4.94. The highest BCUT2D eigenvalue weighted by Crippen LogP contribution is 2.32. The van der Waals surface area contributed by atoms with E-state index in [4.69, 9.17) is 5.73 Å². The molecule has 2 aromatic rings. The van der Waals surface area contributed by atoms with Gasteiger partial charge in [0.25, 0.3) is 0 Å².